The summed E-state index contributed by atoms with van der Waals surface area (Å²) in [5.41, 5.74) is 10.3. The largest absolute Gasteiger partial charge is 0.498 e. The summed E-state index contributed by atoms with van der Waals surface area (Å²) in [6.07, 6.45) is 2.24. The third-order valence-electron chi connectivity index (χ3n) is 2.98. The number of hydrogen-bond acceptors (Lipinski definition) is 3. The SMILES string of the molecule is COC1=C(N2CCNCC2)C=C(Cl)C(=[N+]=[N-])C1. The van der Waals surface area contributed by atoms with Gasteiger partial charge in [-0.15, -0.1) is 0 Å². The molecular weight excluding hydrogens is 240 g/mol. The quantitative estimate of drug-likeness (QED) is 0.590. The van der Waals surface area contributed by atoms with Crippen molar-refractivity contribution < 1.29 is 9.53 Å². The number of methoxy groups -OCH3 is 1. The summed E-state index contributed by atoms with van der Waals surface area (Å²) in [6.45, 7) is 3.75. The summed E-state index contributed by atoms with van der Waals surface area (Å²) in [7, 11) is 1.62. The number of hydrogen-bond donors (Lipinski definition) is 1. The van der Waals surface area contributed by atoms with Crippen LogP contribution in [0.4, 0.5) is 0 Å². The minimum atomic E-state index is 0.432. The molecule has 6 heteroatoms. The van der Waals surface area contributed by atoms with Crippen molar-refractivity contribution in [3.63, 3.8) is 0 Å². The first kappa shape index (κ1) is 12.2. The second kappa shape index (κ2) is 5.36. The molecule has 0 radical (unpaired) electrons. The number of piperazine rings is 1. The minimum Gasteiger partial charge on any atom is -0.498 e. The highest BCUT2D eigenvalue weighted by Crippen LogP contribution is 2.26. The van der Waals surface area contributed by atoms with E-state index in [1.165, 1.54) is 0 Å². The lowest BCUT2D eigenvalue weighted by molar-refractivity contribution is -0.00726. The van der Waals surface area contributed by atoms with Gasteiger partial charge in [0.15, 0.2) is 0 Å². The van der Waals surface area contributed by atoms with Crippen LogP contribution in [0.2, 0.25) is 0 Å². The Balaban J connectivity index is 2.29. The molecule has 92 valence electrons. The second-order valence-electron chi connectivity index (χ2n) is 3.97. The number of rotatable bonds is 2. The Kier molecular flexibility index (Phi) is 3.84. The number of ether oxygens (including phenoxy) is 1. The molecule has 1 aliphatic heterocycles. The normalized spacial score (nSPS) is 21.2. The summed E-state index contributed by atoms with van der Waals surface area (Å²) in [6, 6.07) is 0. The molecule has 0 aromatic heterocycles. The molecule has 1 N–H and O–H groups in total. The summed E-state index contributed by atoms with van der Waals surface area (Å²) >= 11 is 6.06. The maximum Gasteiger partial charge on any atom is 0.318 e. The van der Waals surface area contributed by atoms with E-state index >= 15 is 0 Å². The molecule has 0 saturated carbocycles. The third kappa shape index (κ3) is 2.52. The average molecular weight is 255 g/mol. The smallest absolute Gasteiger partial charge is 0.318 e. The van der Waals surface area contributed by atoms with Crippen LogP contribution in [0.5, 0.6) is 0 Å². The zero-order chi connectivity index (χ0) is 12.3. The van der Waals surface area contributed by atoms with Crippen LogP contribution in [0.15, 0.2) is 22.6 Å². The van der Waals surface area contributed by atoms with E-state index in [9.17, 15) is 0 Å². The summed E-state index contributed by atoms with van der Waals surface area (Å²) in [4.78, 5) is 5.41. The van der Waals surface area contributed by atoms with Gasteiger partial charge < -0.3 is 20.5 Å². The molecule has 5 nitrogen and oxygen atoms in total. The van der Waals surface area contributed by atoms with E-state index < -0.39 is 0 Å². The van der Waals surface area contributed by atoms with E-state index in [2.05, 4.69) is 15.0 Å². The Morgan fingerprint density at radius 3 is 2.76 bits per heavy atom. The number of halogens is 1. The Labute approximate surface area is 105 Å². The van der Waals surface area contributed by atoms with Gasteiger partial charge in [-0.05, 0) is 6.08 Å². The molecule has 2 rings (SSSR count). The van der Waals surface area contributed by atoms with Gasteiger partial charge in [-0.3, -0.25) is 0 Å². The van der Waals surface area contributed by atoms with Crippen molar-refractivity contribution in [1.29, 1.82) is 0 Å². The van der Waals surface area contributed by atoms with Gasteiger partial charge in [0.1, 0.15) is 17.2 Å². The van der Waals surface area contributed by atoms with E-state index in [0.717, 1.165) is 37.6 Å². The Bertz CT molecular complexity index is 417. The zero-order valence-corrected chi connectivity index (χ0v) is 10.5. The molecule has 0 unspecified atom stereocenters. The standard InChI is InChI=1S/C11H15ClN4O/c1-17-11-7-9(15-13)8(12)6-10(11)16-4-2-14-3-5-16/h6,14H,2-5,7H2,1H3. The number of nitrogens with zero attached hydrogens (tertiary/aromatic N) is 3. The molecule has 0 bridgehead atoms. The van der Waals surface area contributed by atoms with Gasteiger partial charge in [-0.2, -0.15) is 4.79 Å². The lowest BCUT2D eigenvalue weighted by Gasteiger charge is -2.32. The highest BCUT2D eigenvalue weighted by atomic mass is 35.5. The van der Waals surface area contributed by atoms with E-state index in [4.69, 9.17) is 21.9 Å². The van der Waals surface area contributed by atoms with Crippen molar-refractivity contribution in [2.45, 2.75) is 6.42 Å². The Hall–Kier alpha value is -1.29. The van der Waals surface area contributed by atoms with Crippen LogP contribution >= 0.6 is 11.6 Å². The lowest BCUT2D eigenvalue weighted by atomic mass is 10.1. The van der Waals surface area contributed by atoms with Gasteiger partial charge in [0, 0.05) is 26.2 Å². The maximum atomic E-state index is 8.83. The fourth-order valence-electron chi connectivity index (χ4n) is 2.04. The highest BCUT2D eigenvalue weighted by molar-refractivity contribution is 6.43. The summed E-state index contributed by atoms with van der Waals surface area (Å²) in [5.74, 6) is 0.795. The zero-order valence-electron chi connectivity index (χ0n) is 9.74. The monoisotopic (exact) mass is 254 g/mol. The Morgan fingerprint density at radius 2 is 2.18 bits per heavy atom. The van der Waals surface area contributed by atoms with E-state index in [1.54, 1.807) is 7.11 Å². The van der Waals surface area contributed by atoms with Crippen molar-refractivity contribution in [2.24, 2.45) is 0 Å². The van der Waals surface area contributed by atoms with Crippen LogP contribution in [0.25, 0.3) is 5.53 Å². The Morgan fingerprint density at radius 1 is 1.47 bits per heavy atom. The van der Waals surface area contributed by atoms with Crippen molar-refractivity contribution >= 4 is 17.3 Å². The predicted octanol–water partition coefficient (Wildman–Crippen LogP) is 0.947. The van der Waals surface area contributed by atoms with Crippen LogP contribution in [0.1, 0.15) is 6.42 Å². The fraction of sp³-hybridized carbons (Fsp3) is 0.545. The van der Waals surface area contributed by atoms with Crippen molar-refractivity contribution in [3.05, 3.63) is 28.1 Å². The molecule has 2 aliphatic rings. The molecule has 0 atom stereocenters. The van der Waals surface area contributed by atoms with Crippen LogP contribution in [0, 0.1) is 0 Å². The fourth-order valence-corrected chi connectivity index (χ4v) is 2.25. The van der Waals surface area contributed by atoms with Crippen LogP contribution < -0.4 is 5.32 Å². The second-order valence-corrected chi connectivity index (χ2v) is 4.37. The first-order chi connectivity index (χ1) is 8.26. The first-order valence-electron chi connectivity index (χ1n) is 5.57. The molecule has 1 heterocycles. The first-order valence-corrected chi connectivity index (χ1v) is 5.95. The molecule has 1 saturated heterocycles. The minimum absolute atomic E-state index is 0.432. The van der Waals surface area contributed by atoms with Crippen LogP contribution in [0.3, 0.4) is 0 Å². The molecule has 0 amide bonds. The van der Waals surface area contributed by atoms with Gasteiger partial charge in [0.05, 0.1) is 12.8 Å². The van der Waals surface area contributed by atoms with E-state index in [0.29, 0.717) is 17.2 Å². The van der Waals surface area contributed by atoms with Crippen LogP contribution in [-0.2, 0) is 4.74 Å². The summed E-state index contributed by atoms with van der Waals surface area (Å²) in [5, 5.41) is 3.77. The van der Waals surface area contributed by atoms with Crippen molar-refractivity contribution in [2.75, 3.05) is 33.3 Å². The van der Waals surface area contributed by atoms with Crippen molar-refractivity contribution in [3.8, 4) is 0 Å². The van der Waals surface area contributed by atoms with Gasteiger partial charge >= 0.3 is 5.71 Å². The number of nitrogens with one attached hydrogen (secondary N) is 1. The average Bonchev–Trinajstić information content (AvgIpc) is 2.39. The van der Waals surface area contributed by atoms with Crippen LogP contribution in [-0.4, -0.2) is 48.7 Å². The molecule has 1 fully saturated rings. The molecule has 0 spiro atoms. The summed E-state index contributed by atoms with van der Waals surface area (Å²) < 4.78 is 5.36. The van der Waals surface area contributed by atoms with Crippen molar-refractivity contribution in [1.82, 2.24) is 10.2 Å². The van der Waals surface area contributed by atoms with Gasteiger partial charge in [-0.1, -0.05) is 11.6 Å². The molecule has 0 aromatic rings. The highest BCUT2D eigenvalue weighted by Gasteiger charge is 2.28. The maximum absolute atomic E-state index is 8.83. The van der Waals surface area contributed by atoms with E-state index in [-0.39, 0.29) is 0 Å². The molecule has 17 heavy (non-hydrogen) atoms. The van der Waals surface area contributed by atoms with E-state index in [1.807, 2.05) is 6.08 Å². The van der Waals surface area contributed by atoms with Gasteiger partial charge in [0.2, 0.25) is 0 Å². The predicted molar refractivity (Wildman–Crippen MR) is 65.7 cm³/mol. The third-order valence-corrected chi connectivity index (χ3v) is 3.30. The molecule has 0 aromatic carbocycles. The number of allylic oxidation sites excluding steroid dienone is 3. The topological polar surface area (TPSA) is 60.9 Å². The molecular formula is C11H15ClN4O. The lowest BCUT2D eigenvalue weighted by Crippen LogP contribution is -2.43. The molecule has 1 aliphatic carbocycles. The van der Waals surface area contributed by atoms with Gasteiger partial charge in [-0.25, -0.2) is 0 Å². The van der Waals surface area contributed by atoms with Gasteiger partial charge in [0.25, 0.3) is 0 Å².